The lowest BCUT2D eigenvalue weighted by molar-refractivity contribution is 0.0377. The van der Waals surface area contributed by atoms with E-state index < -0.39 is 0 Å². The maximum atomic E-state index is 12.9. The van der Waals surface area contributed by atoms with Gasteiger partial charge in [0.1, 0.15) is 0 Å². The van der Waals surface area contributed by atoms with Gasteiger partial charge in [-0.25, -0.2) is 0 Å². The van der Waals surface area contributed by atoms with Crippen LogP contribution in [0.15, 0.2) is 54.6 Å². The molecule has 0 radical (unpaired) electrons. The smallest absolute Gasteiger partial charge is 0.253 e. The normalized spacial score (nSPS) is 17.7. The van der Waals surface area contributed by atoms with Gasteiger partial charge in [0.25, 0.3) is 5.91 Å². The number of likely N-dealkylation sites (tertiary alicyclic amines) is 1. The van der Waals surface area contributed by atoms with Crippen LogP contribution in [-0.2, 0) is 4.74 Å². The Morgan fingerprint density at radius 1 is 0.903 bits per heavy atom. The Morgan fingerprint density at radius 3 is 2.23 bits per heavy atom. The number of benzene rings is 2. The molecular weight excluding hydrogens is 386 g/mol. The molecule has 5 nitrogen and oxygen atoms in total. The molecule has 2 aromatic rings. The van der Waals surface area contributed by atoms with E-state index in [2.05, 4.69) is 22.1 Å². The first-order valence-electron chi connectivity index (χ1n) is 11.3. The molecule has 2 aliphatic rings. The number of carbonyl (C=O) groups excluding carboxylic acids is 1. The lowest BCUT2D eigenvalue weighted by Gasteiger charge is -2.33. The largest absolute Gasteiger partial charge is 0.379 e. The van der Waals surface area contributed by atoms with Gasteiger partial charge in [0.05, 0.1) is 13.2 Å². The van der Waals surface area contributed by atoms with Gasteiger partial charge in [-0.1, -0.05) is 30.0 Å². The van der Waals surface area contributed by atoms with Crippen molar-refractivity contribution in [3.05, 3.63) is 71.3 Å². The van der Waals surface area contributed by atoms with Crippen LogP contribution in [0.25, 0.3) is 0 Å². The van der Waals surface area contributed by atoms with Crippen LogP contribution in [-0.4, -0.2) is 74.2 Å². The molecule has 0 atom stereocenters. The van der Waals surface area contributed by atoms with Gasteiger partial charge in [-0.2, -0.15) is 0 Å². The molecule has 2 aromatic carbocycles. The molecule has 4 rings (SSSR count). The van der Waals surface area contributed by atoms with Crippen LogP contribution < -0.4 is 5.32 Å². The highest BCUT2D eigenvalue weighted by atomic mass is 16.5. The highest BCUT2D eigenvalue weighted by Crippen LogP contribution is 2.15. The molecule has 2 fully saturated rings. The van der Waals surface area contributed by atoms with Crippen molar-refractivity contribution in [1.29, 1.82) is 0 Å². The zero-order valence-corrected chi connectivity index (χ0v) is 18.1. The first-order valence-corrected chi connectivity index (χ1v) is 11.3. The van der Waals surface area contributed by atoms with Gasteiger partial charge >= 0.3 is 0 Å². The van der Waals surface area contributed by atoms with Crippen LogP contribution in [0.5, 0.6) is 0 Å². The maximum Gasteiger partial charge on any atom is 0.253 e. The summed E-state index contributed by atoms with van der Waals surface area (Å²) in [5.41, 5.74) is 2.65. The van der Waals surface area contributed by atoms with Crippen molar-refractivity contribution in [3.63, 3.8) is 0 Å². The second-order valence-electron chi connectivity index (χ2n) is 8.17. The molecule has 0 aliphatic carbocycles. The number of morpholine rings is 1. The second-order valence-corrected chi connectivity index (χ2v) is 8.17. The standard InChI is InChI=1S/C26H31N3O2/c30-26(24-10-8-23(9-11-24)7-6-22-4-2-1-3-5-22)29-15-12-25(13-16-29)27-14-17-28-18-20-31-21-19-28/h1-5,8-11,25,27H,12-21H2. The topological polar surface area (TPSA) is 44.8 Å². The monoisotopic (exact) mass is 417 g/mol. The van der Waals surface area contributed by atoms with Crippen LogP contribution in [0.1, 0.15) is 34.3 Å². The van der Waals surface area contributed by atoms with Gasteiger partial charge in [0.15, 0.2) is 0 Å². The molecule has 1 amide bonds. The van der Waals surface area contributed by atoms with Crippen LogP contribution in [0.3, 0.4) is 0 Å². The molecule has 2 heterocycles. The molecule has 2 saturated heterocycles. The van der Waals surface area contributed by atoms with Crippen molar-refractivity contribution in [3.8, 4) is 11.8 Å². The van der Waals surface area contributed by atoms with Crippen molar-refractivity contribution < 1.29 is 9.53 Å². The predicted molar refractivity (Wildman–Crippen MR) is 123 cm³/mol. The fraction of sp³-hybridized carbons (Fsp3) is 0.423. The number of hydrogen-bond donors (Lipinski definition) is 1. The van der Waals surface area contributed by atoms with Gasteiger partial charge in [0, 0.05) is 62.0 Å². The van der Waals surface area contributed by atoms with Crippen molar-refractivity contribution in [2.45, 2.75) is 18.9 Å². The van der Waals surface area contributed by atoms with E-state index >= 15 is 0 Å². The number of nitrogens with zero attached hydrogens (tertiary/aromatic N) is 2. The van der Waals surface area contributed by atoms with Crippen LogP contribution in [0, 0.1) is 11.8 Å². The molecule has 0 aromatic heterocycles. The number of ether oxygens (including phenoxy) is 1. The van der Waals surface area contributed by atoms with Gasteiger partial charge in [-0.15, -0.1) is 0 Å². The Balaban J connectivity index is 1.21. The van der Waals surface area contributed by atoms with Crippen LogP contribution >= 0.6 is 0 Å². The molecule has 2 aliphatic heterocycles. The van der Waals surface area contributed by atoms with Crippen molar-refractivity contribution in [1.82, 2.24) is 15.1 Å². The molecular formula is C26H31N3O2. The van der Waals surface area contributed by atoms with E-state index in [1.807, 2.05) is 59.5 Å². The fourth-order valence-corrected chi connectivity index (χ4v) is 4.08. The Kier molecular flexibility index (Phi) is 7.73. The van der Waals surface area contributed by atoms with E-state index in [9.17, 15) is 4.79 Å². The Morgan fingerprint density at radius 2 is 1.55 bits per heavy atom. The van der Waals surface area contributed by atoms with Crippen LogP contribution in [0.2, 0.25) is 0 Å². The lowest BCUT2D eigenvalue weighted by atomic mass is 10.0. The first-order chi connectivity index (χ1) is 15.3. The quantitative estimate of drug-likeness (QED) is 0.760. The summed E-state index contributed by atoms with van der Waals surface area (Å²) >= 11 is 0. The molecule has 0 spiro atoms. The van der Waals surface area contributed by atoms with Gasteiger partial charge < -0.3 is 15.0 Å². The number of amides is 1. The summed E-state index contributed by atoms with van der Waals surface area (Å²) in [6, 6.07) is 18.1. The van der Waals surface area contributed by atoms with Crippen molar-refractivity contribution in [2.24, 2.45) is 0 Å². The number of carbonyl (C=O) groups is 1. The molecule has 31 heavy (non-hydrogen) atoms. The number of rotatable bonds is 5. The van der Waals surface area contributed by atoms with E-state index in [0.717, 1.165) is 82.0 Å². The summed E-state index contributed by atoms with van der Waals surface area (Å²) in [7, 11) is 0. The molecule has 1 N–H and O–H groups in total. The average molecular weight is 418 g/mol. The summed E-state index contributed by atoms with van der Waals surface area (Å²) in [6.45, 7) is 7.46. The second kappa shape index (κ2) is 11.1. The SMILES string of the molecule is O=C(c1ccc(C#Cc2ccccc2)cc1)N1CCC(NCCN2CCOCC2)CC1. The van der Waals surface area contributed by atoms with E-state index in [4.69, 9.17) is 4.74 Å². The highest BCUT2D eigenvalue weighted by molar-refractivity contribution is 5.94. The van der Waals surface area contributed by atoms with Crippen LogP contribution in [0.4, 0.5) is 0 Å². The van der Waals surface area contributed by atoms with E-state index in [-0.39, 0.29) is 5.91 Å². The highest BCUT2D eigenvalue weighted by Gasteiger charge is 2.23. The van der Waals surface area contributed by atoms with Gasteiger partial charge in [0.2, 0.25) is 0 Å². The number of hydrogen-bond acceptors (Lipinski definition) is 4. The summed E-state index contributed by atoms with van der Waals surface area (Å²) in [6.07, 6.45) is 2.02. The minimum absolute atomic E-state index is 0.120. The molecule has 0 unspecified atom stereocenters. The van der Waals surface area contributed by atoms with E-state index in [1.165, 1.54) is 0 Å². The molecule has 162 valence electrons. The third kappa shape index (κ3) is 6.41. The predicted octanol–water partition coefficient (Wildman–Crippen LogP) is 2.61. The Labute approximate surface area is 185 Å². The first kappa shape index (κ1) is 21.6. The summed E-state index contributed by atoms with van der Waals surface area (Å²) in [4.78, 5) is 17.3. The average Bonchev–Trinajstić information content (AvgIpc) is 2.84. The summed E-state index contributed by atoms with van der Waals surface area (Å²) < 4.78 is 5.40. The zero-order valence-electron chi connectivity index (χ0n) is 18.1. The van der Waals surface area contributed by atoms with Crippen molar-refractivity contribution in [2.75, 3.05) is 52.5 Å². The minimum atomic E-state index is 0.120. The van der Waals surface area contributed by atoms with Crippen molar-refractivity contribution >= 4 is 5.91 Å². The molecule has 5 heteroatoms. The number of piperidine rings is 1. The lowest BCUT2D eigenvalue weighted by Crippen LogP contribution is -2.47. The zero-order chi connectivity index (χ0) is 21.3. The molecule has 0 saturated carbocycles. The Bertz CT molecular complexity index is 888. The van der Waals surface area contributed by atoms with E-state index in [1.54, 1.807) is 0 Å². The van der Waals surface area contributed by atoms with Gasteiger partial charge in [-0.3, -0.25) is 9.69 Å². The summed E-state index contributed by atoms with van der Waals surface area (Å²) in [5.74, 6) is 6.44. The van der Waals surface area contributed by atoms with E-state index in [0.29, 0.717) is 6.04 Å². The minimum Gasteiger partial charge on any atom is -0.379 e. The Hall–Kier alpha value is -2.65. The number of nitrogens with one attached hydrogen (secondary N) is 1. The molecule has 0 bridgehead atoms. The summed E-state index contributed by atoms with van der Waals surface area (Å²) in [5, 5.41) is 3.67. The fourth-order valence-electron chi connectivity index (χ4n) is 4.08. The third-order valence-corrected chi connectivity index (χ3v) is 6.00. The van der Waals surface area contributed by atoms with Gasteiger partial charge in [-0.05, 0) is 49.2 Å². The maximum absolute atomic E-state index is 12.9. The third-order valence-electron chi connectivity index (χ3n) is 6.00.